The predicted molar refractivity (Wildman–Crippen MR) is 86.0 cm³/mol. The van der Waals surface area contributed by atoms with Gasteiger partial charge in [-0.15, -0.1) is 0 Å². The highest BCUT2D eigenvalue weighted by molar-refractivity contribution is 5.77. The minimum Gasteiger partial charge on any atom is -0.348 e. The SMILES string of the molecule is C[C@@]1(Cn2cnc3ccc(C#N)cc32)CC2(CCC1(F)F)OCCO2. The van der Waals surface area contributed by atoms with E-state index in [9.17, 15) is 8.78 Å². The number of halogens is 2. The molecule has 1 aliphatic heterocycles. The highest BCUT2D eigenvalue weighted by Crippen LogP contribution is 2.54. The van der Waals surface area contributed by atoms with Gasteiger partial charge in [0.1, 0.15) is 0 Å². The Morgan fingerprint density at radius 2 is 2.04 bits per heavy atom. The van der Waals surface area contributed by atoms with Crippen LogP contribution in [0.3, 0.4) is 0 Å². The van der Waals surface area contributed by atoms with Crippen molar-refractivity contribution in [2.45, 2.75) is 44.4 Å². The van der Waals surface area contributed by atoms with Crippen LogP contribution in [0.5, 0.6) is 0 Å². The Hall–Kier alpha value is -2.04. The normalized spacial score (nSPS) is 27.6. The van der Waals surface area contributed by atoms with Gasteiger partial charge in [-0.3, -0.25) is 0 Å². The Kier molecular flexibility index (Phi) is 3.60. The van der Waals surface area contributed by atoms with Crippen LogP contribution in [0.15, 0.2) is 24.5 Å². The smallest absolute Gasteiger partial charge is 0.255 e. The summed E-state index contributed by atoms with van der Waals surface area (Å²) >= 11 is 0. The minimum atomic E-state index is -2.84. The molecular weight excluding hydrogens is 328 g/mol. The first-order valence-corrected chi connectivity index (χ1v) is 8.37. The third kappa shape index (κ3) is 2.60. The summed E-state index contributed by atoms with van der Waals surface area (Å²) < 4.78 is 42.7. The lowest BCUT2D eigenvalue weighted by atomic mass is 9.69. The molecule has 1 saturated carbocycles. The van der Waals surface area contributed by atoms with Crippen molar-refractivity contribution in [2.75, 3.05) is 13.2 Å². The second-order valence-electron chi connectivity index (χ2n) is 7.24. The lowest BCUT2D eigenvalue weighted by Crippen LogP contribution is -2.53. The predicted octanol–water partition coefficient (Wildman–Crippen LogP) is 3.48. The van der Waals surface area contributed by atoms with Crippen LogP contribution >= 0.6 is 0 Å². The van der Waals surface area contributed by atoms with Crippen LogP contribution in [-0.4, -0.2) is 34.5 Å². The molecule has 1 saturated heterocycles. The molecule has 4 rings (SSSR count). The topological polar surface area (TPSA) is 60.1 Å². The number of nitriles is 1. The van der Waals surface area contributed by atoms with Crippen molar-refractivity contribution in [2.24, 2.45) is 5.41 Å². The standard InChI is InChI=1S/C18H19F2N3O2/c1-16(10-17(24-6-7-25-17)4-5-18(16,19)20)11-23-12-22-14-3-2-13(9-21)8-15(14)23/h2-3,8,12H,4-7,10-11H2,1H3/t16-/m0/s1. The number of nitrogens with zero attached hydrogens (tertiary/aromatic N) is 3. The molecule has 7 heteroatoms. The highest BCUT2D eigenvalue weighted by atomic mass is 19.3. The largest absolute Gasteiger partial charge is 0.348 e. The van der Waals surface area contributed by atoms with Crippen LogP contribution in [0.1, 0.15) is 31.7 Å². The Morgan fingerprint density at radius 3 is 2.76 bits per heavy atom. The number of rotatable bonds is 2. The van der Waals surface area contributed by atoms with Gasteiger partial charge in [-0.25, -0.2) is 13.8 Å². The fourth-order valence-electron chi connectivity index (χ4n) is 4.00. The lowest BCUT2D eigenvalue weighted by molar-refractivity contribution is -0.263. The van der Waals surface area contributed by atoms with Crippen molar-refractivity contribution in [1.82, 2.24) is 9.55 Å². The zero-order valence-electron chi connectivity index (χ0n) is 14.0. The first kappa shape index (κ1) is 16.4. The van der Waals surface area contributed by atoms with Crippen LogP contribution in [0.25, 0.3) is 11.0 Å². The van der Waals surface area contributed by atoms with E-state index in [0.29, 0.717) is 29.8 Å². The van der Waals surface area contributed by atoms with Crippen LogP contribution in [-0.2, 0) is 16.0 Å². The van der Waals surface area contributed by atoms with E-state index in [2.05, 4.69) is 11.1 Å². The molecule has 1 atom stereocenters. The molecule has 2 aromatic rings. The van der Waals surface area contributed by atoms with Gasteiger partial charge in [0.05, 0.1) is 47.6 Å². The summed E-state index contributed by atoms with van der Waals surface area (Å²) in [6, 6.07) is 7.17. The molecule has 0 radical (unpaired) electrons. The van der Waals surface area contributed by atoms with E-state index >= 15 is 0 Å². The molecule has 132 valence electrons. The van der Waals surface area contributed by atoms with Crippen LogP contribution < -0.4 is 0 Å². The van der Waals surface area contributed by atoms with Gasteiger partial charge in [0.2, 0.25) is 0 Å². The summed E-state index contributed by atoms with van der Waals surface area (Å²) in [4.78, 5) is 4.27. The van der Waals surface area contributed by atoms with E-state index < -0.39 is 17.1 Å². The van der Waals surface area contributed by atoms with Crippen molar-refractivity contribution < 1.29 is 18.3 Å². The number of hydrogen-bond acceptors (Lipinski definition) is 4. The number of imidazole rings is 1. The molecule has 5 nitrogen and oxygen atoms in total. The molecule has 1 aliphatic carbocycles. The fraction of sp³-hybridized carbons (Fsp3) is 0.556. The van der Waals surface area contributed by atoms with Crippen molar-refractivity contribution in [3.8, 4) is 6.07 Å². The monoisotopic (exact) mass is 347 g/mol. The van der Waals surface area contributed by atoms with E-state index in [0.717, 1.165) is 0 Å². The minimum absolute atomic E-state index is 0.0832. The number of aromatic nitrogens is 2. The second-order valence-corrected chi connectivity index (χ2v) is 7.24. The summed E-state index contributed by atoms with van der Waals surface area (Å²) in [5.74, 6) is -3.73. The van der Waals surface area contributed by atoms with Crippen LogP contribution in [0.4, 0.5) is 8.78 Å². The van der Waals surface area contributed by atoms with Gasteiger partial charge in [-0.1, -0.05) is 6.92 Å². The van der Waals surface area contributed by atoms with Crippen molar-refractivity contribution in [1.29, 1.82) is 5.26 Å². The van der Waals surface area contributed by atoms with Crippen molar-refractivity contribution in [3.05, 3.63) is 30.1 Å². The summed E-state index contributed by atoms with van der Waals surface area (Å²) in [7, 11) is 0. The van der Waals surface area contributed by atoms with Gasteiger partial charge in [-0.2, -0.15) is 5.26 Å². The summed E-state index contributed by atoms with van der Waals surface area (Å²) in [5.41, 5.74) is 0.522. The third-order valence-corrected chi connectivity index (χ3v) is 5.45. The zero-order valence-corrected chi connectivity index (χ0v) is 14.0. The van der Waals surface area contributed by atoms with Gasteiger partial charge >= 0.3 is 0 Å². The molecular formula is C18H19F2N3O2. The zero-order chi connectivity index (χ0) is 17.7. The van der Waals surface area contributed by atoms with Crippen molar-refractivity contribution in [3.63, 3.8) is 0 Å². The lowest BCUT2D eigenvalue weighted by Gasteiger charge is -2.47. The molecule has 0 bridgehead atoms. The highest BCUT2D eigenvalue weighted by Gasteiger charge is 2.60. The first-order chi connectivity index (χ1) is 11.9. The quantitative estimate of drug-likeness (QED) is 0.834. The van der Waals surface area contributed by atoms with E-state index in [1.54, 1.807) is 36.0 Å². The molecule has 1 aromatic carbocycles. The molecule has 0 N–H and O–H groups in total. The maximum absolute atomic E-state index is 14.8. The number of ether oxygens (including phenoxy) is 2. The Labute approximate surface area is 144 Å². The fourth-order valence-corrected chi connectivity index (χ4v) is 4.00. The Bertz CT molecular complexity index is 852. The van der Waals surface area contributed by atoms with Crippen LogP contribution in [0, 0.1) is 16.7 Å². The average Bonchev–Trinajstić information content (AvgIpc) is 3.19. The summed E-state index contributed by atoms with van der Waals surface area (Å²) in [5, 5.41) is 9.09. The number of alkyl halides is 2. The van der Waals surface area contributed by atoms with E-state index in [4.69, 9.17) is 14.7 Å². The summed E-state index contributed by atoms with van der Waals surface area (Å²) in [6.07, 6.45) is 1.63. The van der Waals surface area contributed by atoms with Gasteiger partial charge < -0.3 is 14.0 Å². The Morgan fingerprint density at radius 1 is 1.28 bits per heavy atom. The number of fused-ring (bicyclic) bond motifs is 1. The molecule has 2 aliphatic rings. The Balaban J connectivity index is 1.71. The molecule has 0 amide bonds. The molecule has 0 unspecified atom stereocenters. The maximum Gasteiger partial charge on any atom is 0.255 e. The van der Waals surface area contributed by atoms with Crippen molar-refractivity contribution >= 4 is 11.0 Å². The summed E-state index contributed by atoms with van der Waals surface area (Å²) in [6.45, 7) is 2.56. The van der Waals surface area contributed by atoms with E-state index in [1.807, 2.05) is 0 Å². The number of benzene rings is 1. The average molecular weight is 347 g/mol. The van der Waals surface area contributed by atoms with Gasteiger partial charge in [0.15, 0.2) is 5.79 Å². The molecule has 1 aromatic heterocycles. The van der Waals surface area contributed by atoms with Crippen LogP contribution in [0.2, 0.25) is 0 Å². The maximum atomic E-state index is 14.8. The van der Waals surface area contributed by atoms with E-state index in [1.165, 1.54) is 0 Å². The van der Waals surface area contributed by atoms with Gasteiger partial charge in [0, 0.05) is 25.8 Å². The molecule has 25 heavy (non-hydrogen) atoms. The molecule has 1 spiro atoms. The number of hydrogen-bond donors (Lipinski definition) is 0. The van der Waals surface area contributed by atoms with Gasteiger partial charge in [-0.05, 0) is 18.2 Å². The first-order valence-electron chi connectivity index (χ1n) is 8.37. The molecule has 2 fully saturated rings. The third-order valence-electron chi connectivity index (χ3n) is 5.45. The second kappa shape index (κ2) is 5.48. The van der Waals surface area contributed by atoms with Gasteiger partial charge in [0.25, 0.3) is 5.92 Å². The van der Waals surface area contributed by atoms with E-state index in [-0.39, 0.29) is 25.8 Å². The molecule has 2 heterocycles.